The van der Waals surface area contributed by atoms with Gasteiger partial charge in [-0.1, -0.05) is 32.1 Å². The Morgan fingerprint density at radius 2 is 2.15 bits per heavy atom. The molecule has 0 aliphatic carbocycles. The van der Waals surface area contributed by atoms with Gasteiger partial charge in [0.2, 0.25) is 0 Å². The van der Waals surface area contributed by atoms with Crippen LogP contribution in [0.4, 0.5) is 5.13 Å². The van der Waals surface area contributed by atoms with Crippen LogP contribution in [0.5, 0.6) is 0 Å². The van der Waals surface area contributed by atoms with Crippen molar-refractivity contribution in [2.75, 3.05) is 11.9 Å². The van der Waals surface area contributed by atoms with Crippen LogP contribution in [0.15, 0.2) is 12.4 Å². The molecule has 0 aliphatic heterocycles. The first-order valence-electron chi connectivity index (χ1n) is 6.46. The Bertz CT molecular complexity index is 609. The van der Waals surface area contributed by atoms with Gasteiger partial charge in [0.1, 0.15) is 0 Å². The largest absolute Gasteiger partial charge is 0.347 e. The van der Waals surface area contributed by atoms with Gasteiger partial charge in [0.05, 0.1) is 16.8 Å². The number of carbonyl (C=O) groups excluding carboxylic acids is 1. The molecule has 0 atom stereocenters. The highest BCUT2D eigenvalue weighted by atomic mass is 32.1. The third-order valence-electron chi connectivity index (χ3n) is 2.96. The second kappa shape index (κ2) is 5.36. The van der Waals surface area contributed by atoms with E-state index in [-0.39, 0.29) is 5.41 Å². The van der Waals surface area contributed by atoms with Gasteiger partial charge in [-0.05, 0) is 0 Å². The zero-order valence-electron chi connectivity index (χ0n) is 12.5. The SMILES string of the molecule is CN(Cc1cnn(C)c1)c1nc(C(C)(C)C)c(C=O)s1. The standard InChI is InChI=1S/C14H20N4OS/c1-14(2,3)12-11(9-19)20-13(16-12)17(4)7-10-6-15-18(5)8-10/h6,8-9H,7H2,1-5H3. The van der Waals surface area contributed by atoms with Crippen molar-refractivity contribution in [2.24, 2.45) is 7.05 Å². The van der Waals surface area contributed by atoms with Crippen LogP contribution in [-0.2, 0) is 19.0 Å². The number of hydrogen-bond acceptors (Lipinski definition) is 5. The molecular weight excluding hydrogens is 272 g/mol. The van der Waals surface area contributed by atoms with Crippen molar-refractivity contribution >= 4 is 22.8 Å². The molecule has 108 valence electrons. The third-order valence-corrected chi connectivity index (χ3v) is 4.06. The van der Waals surface area contributed by atoms with E-state index in [1.54, 1.807) is 4.68 Å². The fourth-order valence-electron chi connectivity index (χ4n) is 2.00. The first-order chi connectivity index (χ1) is 9.31. The highest BCUT2D eigenvalue weighted by Gasteiger charge is 2.24. The maximum absolute atomic E-state index is 11.2. The van der Waals surface area contributed by atoms with Crippen molar-refractivity contribution in [1.82, 2.24) is 14.8 Å². The fraction of sp³-hybridized carbons (Fsp3) is 0.500. The molecule has 0 unspecified atom stereocenters. The number of aryl methyl sites for hydroxylation is 1. The molecule has 6 heteroatoms. The van der Waals surface area contributed by atoms with E-state index >= 15 is 0 Å². The average Bonchev–Trinajstić information content (AvgIpc) is 2.94. The summed E-state index contributed by atoms with van der Waals surface area (Å²) in [6, 6.07) is 0. The smallest absolute Gasteiger partial charge is 0.186 e. The van der Waals surface area contributed by atoms with Gasteiger partial charge in [-0.2, -0.15) is 5.10 Å². The number of rotatable bonds is 4. The summed E-state index contributed by atoms with van der Waals surface area (Å²) in [7, 11) is 3.88. The van der Waals surface area contributed by atoms with E-state index in [2.05, 4.69) is 30.9 Å². The number of carbonyl (C=O) groups is 1. The van der Waals surface area contributed by atoms with E-state index in [9.17, 15) is 4.79 Å². The molecule has 0 N–H and O–H groups in total. The van der Waals surface area contributed by atoms with E-state index in [1.807, 2.05) is 31.4 Å². The predicted molar refractivity (Wildman–Crippen MR) is 81.5 cm³/mol. The molecule has 0 spiro atoms. The number of thiazole rings is 1. The highest BCUT2D eigenvalue weighted by Crippen LogP contribution is 2.32. The monoisotopic (exact) mass is 292 g/mol. The number of aldehydes is 1. The van der Waals surface area contributed by atoms with Gasteiger partial charge in [-0.15, -0.1) is 0 Å². The summed E-state index contributed by atoms with van der Waals surface area (Å²) < 4.78 is 1.78. The minimum atomic E-state index is -0.125. The van der Waals surface area contributed by atoms with Crippen LogP contribution in [0.3, 0.4) is 0 Å². The van der Waals surface area contributed by atoms with Gasteiger partial charge in [-0.3, -0.25) is 9.48 Å². The molecule has 0 aromatic carbocycles. The predicted octanol–water partition coefficient (Wildman–Crippen LogP) is 2.62. The lowest BCUT2D eigenvalue weighted by Gasteiger charge is -2.17. The van der Waals surface area contributed by atoms with Crippen LogP contribution >= 0.6 is 11.3 Å². The molecular formula is C14H20N4OS. The summed E-state index contributed by atoms with van der Waals surface area (Å²) in [5, 5.41) is 5.02. The van der Waals surface area contributed by atoms with Crippen molar-refractivity contribution in [3.8, 4) is 0 Å². The minimum absolute atomic E-state index is 0.125. The molecule has 2 rings (SSSR count). The molecule has 0 saturated heterocycles. The number of anilines is 1. The van der Waals surface area contributed by atoms with E-state index < -0.39 is 0 Å². The highest BCUT2D eigenvalue weighted by molar-refractivity contribution is 7.17. The van der Waals surface area contributed by atoms with Crippen molar-refractivity contribution in [2.45, 2.75) is 32.7 Å². The van der Waals surface area contributed by atoms with E-state index in [0.29, 0.717) is 4.88 Å². The zero-order chi connectivity index (χ0) is 14.9. The Labute approximate surface area is 123 Å². The Morgan fingerprint density at radius 3 is 2.60 bits per heavy atom. The Morgan fingerprint density at radius 1 is 1.45 bits per heavy atom. The van der Waals surface area contributed by atoms with Crippen LogP contribution in [0.25, 0.3) is 0 Å². The fourth-order valence-corrected chi connectivity index (χ4v) is 3.05. The van der Waals surface area contributed by atoms with Crippen LogP contribution in [0.2, 0.25) is 0 Å². The van der Waals surface area contributed by atoms with Gasteiger partial charge in [0.15, 0.2) is 11.4 Å². The van der Waals surface area contributed by atoms with Crippen molar-refractivity contribution in [1.29, 1.82) is 0 Å². The third kappa shape index (κ3) is 3.07. The lowest BCUT2D eigenvalue weighted by atomic mass is 9.91. The maximum Gasteiger partial charge on any atom is 0.186 e. The Balaban J connectivity index is 2.24. The summed E-state index contributed by atoms with van der Waals surface area (Å²) in [5.74, 6) is 0. The summed E-state index contributed by atoms with van der Waals surface area (Å²) in [5.41, 5.74) is 1.86. The molecule has 20 heavy (non-hydrogen) atoms. The Hall–Kier alpha value is -1.69. The lowest BCUT2D eigenvalue weighted by Crippen LogP contribution is -2.17. The minimum Gasteiger partial charge on any atom is -0.347 e. The summed E-state index contributed by atoms with van der Waals surface area (Å²) in [6.45, 7) is 6.93. The molecule has 0 amide bonds. The first kappa shape index (κ1) is 14.7. The van der Waals surface area contributed by atoms with Crippen LogP contribution in [-0.4, -0.2) is 28.1 Å². The zero-order valence-corrected chi connectivity index (χ0v) is 13.4. The molecule has 2 aromatic rings. The summed E-state index contributed by atoms with van der Waals surface area (Å²) >= 11 is 1.44. The summed E-state index contributed by atoms with van der Waals surface area (Å²) in [6.07, 6.45) is 4.73. The Kier molecular flexibility index (Phi) is 3.94. The molecule has 0 bridgehead atoms. The maximum atomic E-state index is 11.2. The quantitative estimate of drug-likeness (QED) is 0.813. The molecule has 0 fully saturated rings. The van der Waals surface area contributed by atoms with Gasteiger partial charge >= 0.3 is 0 Å². The van der Waals surface area contributed by atoms with Crippen LogP contribution < -0.4 is 4.90 Å². The van der Waals surface area contributed by atoms with E-state index in [4.69, 9.17) is 0 Å². The normalized spacial score (nSPS) is 11.7. The second-order valence-electron chi connectivity index (χ2n) is 5.96. The molecule has 0 aliphatic rings. The van der Waals surface area contributed by atoms with Gasteiger partial charge in [0, 0.05) is 37.8 Å². The molecule has 2 heterocycles. The molecule has 2 aromatic heterocycles. The number of aromatic nitrogens is 3. The van der Waals surface area contributed by atoms with Crippen LogP contribution in [0, 0.1) is 0 Å². The topological polar surface area (TPSA) is 51.0 Å². The van der Waals surface area contributed by atoms with Crippen molar-refractivity contribution in [3.63, 3.8) is 0 Å². The lowest BCUT2D eigenvalue weighted by molar-refractivity contribution is 0.112. The first-order valence-corrected chi connectivity index (χ1v) is 7.28. The van der Waals surface area contributed by atoms with Gasteiger partial charge in [-0.25, -0.2) is 4.98 Å². The molecule has 0 radical (unpaired) electrons. The van der Waals surface area contributed by atoms with Crippen LogP contribution in [0.1, 0.15) is 41.7 Å². The number of hydrogen-bond donors (Lipinski definition) is 0. The van der Waals surface area contributed by atoms with Crippen molar-refractivity contribution in [3.05, 3.63) is 28.5 Å². The average molecular weight is 292 g/mol. The van der Waals surface area contributed by atoms with E-state index in [0.717, 1.165) is 29.2 Å². The second-order valence-corrected chi connectivity index (χ2v) is 6.96. The van der Waals surface area contributed by atoms with Crippen molar-refractivity contribution < 1.29 is 4.79 Å². The van der Waals surface area contributed by atoms with E-state index in [1.165, 1.54) is 11.3 Å². The van der Waals surface area contributed by atoms with Gasteiger partial charge in [0.25, 0.3) is 0 Å². The molecule has 5 nitrogen and oxygen atoms in total. The molecule has 0 saturated carbocycles. The number of nitrogens with zero attached hydrogens (tertiary/aromatic N) is 4. The summed E-state index contributed by atoms with van der Waals surface area (Å²) in [4.78, 5) is 18.6. The van der Waals surface area contributed by atoms with Gasteiger partial charge < -0.3 is 4.90 Å².